The second-order valence-corrected chi connectivity index (χ2v) is 7.01. The average molecular weight is 345 g/mol. The number of aliphatic hydroxyl groups excluding tert-OH is 2. The predicted octanol–water partition coefficient (Wildman–Crippen LogP) is 1.70. The zero-order chi connectivity index (χ0) is 14.7. The molecule has 0 aliphatic heterocycles. The Morgan fingerprint density at radius 3 is 1.43 bits per heavy atom. The van der Waals surface area contributed by atoms with Gasteiger partial charge < -0.3 is 0 Å². The number of hydrogen-bond acceptors (Lipinski definition) is 4. The molecule has 106 valence electrons. The molecule has 0 radical (unpaired) electrons. The number of rotatable bonds is 4. The fraction of sp³-hybridized carbons (Fsp3) is 0.125. The summed E-state index contributed by atoms with van der Waals surface area (Å²) in [6.07, 6.45) is 5.41. The van der Waals surface area contributed by atoms with Crippen LogP contribution in [0.3, 0.4) is 0 Å². The van der Waals surface area contributed by atoms with E-state index in [0.29, 0.717) is 0 Å². The first kappa shape index (κ1) is 14.2. The summed E-state index contributed by atoms with van der Waals surface area (Å²) in [7, 11) is 0. The molecule has 0 saturated heterocycles. The Kier molecular flexibility index (Phi) is 4.27. The van der Waals surface area contributed by atoms with Gasteiger partial charge >= 0.3 is 128 Å². The van der Waals surface area contributed by atoms with Crippen LogP contribution in [0.4, 0.5) is 0 Å². The Bertz CT molecular complexity index is 641. The van der Waals surface area contributed by atoms with Crippen molar-refractivity contribution in [3.63, 3.8) is 0 Å². The van der Waals surface area contributed by atoms with Crippen molar-refractivity contribution in [1.82, 2.24) is 9.97 Å². The van der Waals surface area contributed by atoms with Gasteiger partial charge in [0.2, 0.25) is 0 Å². The van der Waals surface area contributed by atoms with Crippen LogP contribution < -0.4 is 0 Å². The quantitative estimate of drug-likeness (QED) is 0.707. The normalized spacial score (nSPS) is 13.8. The molecule has 3 rings (SSSR count). The summed E-state index contributed by atoms with van der Waals surface area (Å²) in [6, 6.07) is 11.0. The molecule has 21 heavy (non-hydrogen) atoms. The topological polar surface area (TPSA) is 66.2 Å². The number of hydrogen-bond donors (Lipinski definition) is 2. The van der Waals surface area contributed by atoms with Gasteiger partial charge in [0.1, 0.15) is 0 Å². The van der Waals surface area contributed by atoms with E-state index in [9.17, 15) is 10.2 Å². The Morgan fingerprint density at radius 2 is 1.05 bits per heavy atom. The van der Waals surface area contributed by atoms with Crippen molar-refractivity contribution in [3.05, 3.63) is 81.2 Å². The minimum atomic E-state index is -0.633. The molecule has 2 unspecified atom stereocenters. The molecule has 2 atom stereocenters. The van der Waals surface area contributed by atoms with Crippen molar-refractivity contribution < 1.29 is 10.2 Å². The monoisotopic (exact) mass is 346 g/mol. The molecule has 0 amide bonds. The molecule has 0 spiro atoms. The molecule has 0 saturated carbocycles. The van der Waals surface area contributed by atoms with Crippen molar-refractivity contribution in [2.24, 2.45) is 0 Å². The average Bonchev–Trinajstić information content (AvgIpc) is 3.05. The van der Waals surface area contributed by atoms with E-state index in [1.165, 1.54) is 0 Å². The molecule has 0 bridgehead atoms. The minimum absolute atomic E-state index is 0.0641. The van der Waals surface area contributed by atoms with E-state index in [2.05, 4.69) is 9.97 Å². The van der Waals surface area contributed by atoms with Crippen molar-refractivity contribution in [1.29, 1.82) is 0 Å². The molecule has 0 aliphatic rings. The first-order valence-corrected chi connectivity index (χ1v) is 8.22. The third-order valence-corrected chi connectivity index (χ3v) is 5.73. The Balaban J connectivity index is 1.84. The number of aromatic nitrogens is 2. The van der Waals surface area contributed by atoms with Gasteiger partial charge in [-0.1, -0.05) is 0 Å². The van der Waals surface area contributed by atoms with Crippen LogP contribution in [0.2, 0.25) is 0 Å². The van der Waals surface area contributed by atoms with Crippen LogP contribution in [-0.4, -0.2) is 34.7 Å². The third kappa shape index (κ3) is 3.12. The first-order chi connectivity index (χ1) is 10.3. The summed E-state index contributed by atoms with van der Waals surface area (Å²) in [4.78, 5) is 7.91. The van der Waals surface area contributed by atoms with E-state index in [1.54, 1.807) is 49.1 Å². The molecule has 0 aliphatic carbocycles. The van der Waals surface area contributed by atoms with Crippen LogP contribution >= 0.6 is 0 Å². The van der Waals surface area contributed by atoms with Crippen molar-refractivity contribution in [2.75, 3.05) is 0 Å². The maximum atomic E-state index is 10.4. The fourth-order valence-electron chi connectivity index (χ4n) is 2.08. The Hall–Kier alpha value is -1.78. The number of nitrogens with zero attached hydrogens (tertiary/aromatic N) is 2. The number of pyridine rings is 2. The van der Waals surface area contributed by atoms with Crippen LogP contribution in [0, 0.1) is 0 Å². The van der Waals surface area contributed by atoms with Crippen LogP contribution in [0.25, 0.3) is 0 Å². The summed E-state index contributed by atoms with van der Waals surface area (Å²) in [6.45, 7) is 0. The Labute approximate surface area is 128 Å². The van der Waals surface area contributed by atoms with Gasteiger partial charge in [-0.2, -0.15) is 0 Å². The van der Waals surface area contributed by atoms with Gasteiger partial charge in [-0.3, -0.25) is 0 Å². The predicted molar refractivity (Wildman–Crippen MR) is 80.0 cm³/mol. The van der Waals surface area contributed by atoms with Crippen molar-refractivity contribution in [2.45, 2.75) is 12.2 Å². The second kappa shape index (κ2) is 6.33. The second-order valence-electron chi connectivity index (χ2n) is 4.61. The van der Waals surface area contributed by atoms with Crippen LogP contribution in [0.15, 0.2) is 61.2 Å². The van der Waals surface area contributed by atoms with Gasteiger partial charge in [0, 0.05) is 0 Å². The molecule has 5 heteroatoms. The van der Waals surface area contributed by atoms with Crippen molar-refractivity contribution in [3.8, 4) is 0 Å². The Morgan fingerprint density at radius 1 is 0.667 bits per heavy atom. The molecular weight excluding hydrogens is 331 g/mol. The molecule has 4 nitrogen and oxygen atoms in total. The molecule has 3 aromatic rings. The van der Waals surface area contributed by atoms with Gasteiger partial charge in [-0.25, -0.2) is 0 Å². The first-order valence-electron chi connectivity index (χ1n) is 6.51. The summed E-state index contributed by atoms with van der Waals surface area (Å²) >= 11 is -0.0641. The van der Waals surface area contributed by atoms with E-state index < -0.39 is 12.2 Å². The summed E-state index contributed by atoms with van der Waals surface area (Å²) in [5, 5.41) is 20.8. The summed E-state index contributed by atoms with van der Waals surface area (Å²) in [5.41, 5.74) is 1.65. The van der Waals surface area contributed by atoms with Gasteiger partial charge in [-0.15, -0.1) is 0 Å². The summed E-state index contributed by atoms with van der Waals surface area (Å²) < 4.78 is 1.88. The summed E-state index contributed by atoms with van der Waals surface area (Å²) in [5.74, 6) is 0. The molecule has 3 aromatic heterocycles. The third-order valence-electron chi connectivity index (χ3n) is 3.23. The van der Waals surface area contributed by atoms with E-state index in [-0.39, 0.29) is 14.5 Å². The van der Waals surface area contributed by atoms with E-state index in [4.69, 9.17) is 0 Å². The fourth-order valence-corrected chi connectivity index (χ4v) is 4.26. The van der Waals surface area contributed by atoms with E-state index >= 15 is 0 Å². The van der Waals surface area contributed by atoms with Crippen LogP contribution in [-0.2, 0) is 0 Å². The molecule has 0 fully saturated rings. The van der Waals surface area contributed by atoms with Crippen LogP contribution in [0.5, 0.6) is 0 Å². The van der Waals surface area contributed by atoms with E-state index in [0.717, 1.165) is 20.0 Å². The molecule has 3 heterocycles. The van der Waals surface area contributed by atoms with Gasteiger partial charge in [-0.05, 0) is 0 Å². The molecular formula is C16H14N2O2Se. The van der Waals surface area contributed by atoms with Gasteiger partial charge in [0.05, 0.1) is 0 Å². The SMILES string of the molecule is OC(c1ccncc1)c1ccc(C(O)c2ccncc2)[se]1. The molecule has 2 N–H and O–H groups in total. The maximum absolute atomic E-state index is 10.4. The van der Waals surface area contributed by atoms with Gasteiger partial charge in [0.25, 0.3) is 0 Å². The standard InChI is InChI=1S/C16H14N2O2Se/c19-15(11-3-7-17-8-4-11)13-1-2-14(21-13)16(20)12-5-9-18-10-6-12/h1-10,15-16,19-20H. The van der Waals surface area contributed by atoms with Gasteiger partial charge in [0.15, 0.2) is 0 Å². The zero-order valence-electron chi connectivity index (χ0n) is 11.1. The van der Waals surface area contributed by atoms with Crippen LogP contribution in [0.1, 0.15) is 32.2 Å². The molecule has 0 aromatic carbocycles. The zero-order valence-corrected chi connectivity index (χ0v) is 12.8. The van der Waals surface area contributed by atoms with E-state index in [1.807, 2.05) is 12.1 Å². The van der Waals surface area contributed by atoms with Crippen molar-refractivity contribution >= 4 is 14.5 Å². The number of aliphatic hydroxyl groups is 2.